The number of ether oxygens (including phenoxy) is 1. The molecule has 0 heterocycles. The van der Waals surface area contributed by atoms with Crippen molar-refractivity contribution in [3.8, 4) is 5.75 Å². The maximum absolute atomic E-state index is 14.0. The predicted octanol–water partition coefficient (Wildman–Crippen LogP) is 4.70. The molecule has 1 atom stereocenters. The van der Waals surface area contributed by atoms with Crippen LogP contribution in [0.15, 0.2) is 77.7 Å². The fourth-order valence-corrected chi connectivity index (χ4v) is 5.52. The lowest BCUT2D eigenvalue weighted by Gasteiger charge is -2.32. The molecule has 9 heteroatoms. The van der Waals surface area contributed by atoms with Crippen molar-refractivity contribution >= 4 is 27.5 Å². The Morgan fingerprint density at radius 2 is 1.55 bits per heavy atom. The molecule has 3 rings (SSSR count). The molecule has 0 saturated carbocycles. The van der Waals surface area contributed by atoms with E-state index in [4.69, 9.17) is 4.74 Å². The Bertz CT molecular complexity index is 1400. The van der Waals surface area contributed by atoms with Crippen LogP contribution >= 0.6 is 0 Å². The van der Waals surface area contributed by atoms with Gasteiger partial charge in [-0.05, 0) is 74.2 Å². The SMILES string of the molecule is COc1ccc(CN(C(=O)CN(c2cccc(C)c2)S(=O)(=O)c2ccc(C)cc2)[C@@H](C)C(=O)NCC(C)C)cc1. The van der Waals surface area contributed by atoms with E-state index < -0.39 is 28.5 Å². The van der Waals surface area contributed by atoms with Gasteiger partial charge in [0.1, 0.15) is 18.3 Å². The largest absolute Gasteiger partial charge is 0.497 e. The van der Waals surface area contributed by atoms with Gasteiger partial charge in [0.2, 0.25) is 11.8 Å². The van der Waals surface area contributed by atoms with E-state index in [0.717, 1.165) is 21.0 Å². The van der Waals surface area contributed by atoms with Crippen LogP contribution in [0.1, 0.15) is 37.5 Å². The van der Waals surface area contributed by atoms with Crippen molar-refractivity contribution in [2.45, 2.75) is 52.1 Å². The van der Waals surface area contributed by atoms with E-state index in [0.29, 0.717) is 18.0 Å². The van der Waals surface area contributed by atoms with Crippen LogP contribution in [0.3, 0.4) is 0 Å². The predicted molar refractivity (Wildman–Crippen MR) is 158 cm³/mol. The molecular formula is C31H39N3O5S. The maximum Gasteiger partial charge on any atom is 0.264 e. The first kappa shape index (κ1) is 30.7. The number of carbonyl (C=O) groups excluding carboxylic acids is 2. The van der Waals surface area contributed by atoms with Crippen molar-refractivity contribution in [3.05, 3.63) is 89.5 Å². The minimum Gasteiger partial charge on any atom is -0.497 e. The van der Waals surface area contributed by atoms with Gasteiger partial charge >= 0.3 is 0 Å². The zero-order valence-corrected chi connectivity index (χ0v) is 24.9. The third-order valence-corrected chi connectivity index (χ3v) is 8.33. The molecule has 3 aromatic rings. The van der Waals surface area contributed by atoms with Crippen molar-refractivity contribution in [2.75, 3.05) is 24.5 Å². The lowest BCUT2D eigenvalue weighted by atomic mass is 10.1. The molecule has 2 amide bonds. The highest BCUT2D eigenvalue weighted by Gasteiger charge is 2.32. The van der Waals surface area contributed by atoms with E-state index in [9.17, 15) is 18.0 Å². The summed E-state index contributed by atoms with van der Waals surface area (Å²) in [6, 6.07) is 19.9. The first-order valence-electron chi connectivity index (χ1n) is 13.3. The second-order valence-corrected chi connectivity index (χ2v) is 12.2. The molecule has 214 valence electrons. The quantitative estimate of drug-likeness (QED) is 0.344. The molecular weight excluding hydrogens is 526 g/mol. The van der Waals surface area contributed by atoms with Gasteiger partial charge in [-0.15, -0.1) is 0 Å². The molecule has 40 heavy (non-hydrogen) atoms. The summed E-state index contributed by atoms with van der Waals surface area (Å²) in [6.07, 6.45) is 0. The van der Waals surface area contributed by atoms with Crippen molar-refractivity contribution in [2.24, 2.45) is 5.92 Å². The zero-order valence-electron chi connectivity index (χ0n) is 24.0. The Hall–Kier alpha value is -3.85. The lowest BCUT2D eigenvalue weighted by molar-refractivity contribution is -0.139. The smallest absolute Gasteiger partial charge is 0.264 e. The minimum absolute atomic E-state index is 0.0804. The van der Waals surface area contributed by atoms with Gasteiger partial charge in [-0.3, -0.25) is 13.9 Å². The van der Waals surface area contributed by atoms with E-state index in [1.54, 1.807) is 56.5 Å². The number of aryl methyl sites for hydroxylation is 2. The number of carbonyl (C=O) groups is 2. The highest BCUT2D eigenvalue weighted by molar-refractivity contribution is 7.92. The number of nitrogens with zero attached hydrogens (tertiary/aromatic N) is 2. The van der Waals surface area contributed by atoms with Gasteiger partial charge < -0.3 is 15.0 Å². The van der Waals surface area contributed by atoms with Gasteiger partial charge in [0.05, 0.1) is 17.7 Å². The van der Waals surface area contributed by atoms with Gasteiger partial charge in [-0.2, -0.15) is 0 Å². The number of amides is 2. The van der Waals surface area contributed by atoms with Crippen LogP contribution in [0.25, 0.3) is 0 Å². The Balaban J connectivity index is 2.00. The Labute approximate surface area is 238 Å². The number of nitrogens with one attached hydrogen (secondary N) is 1. The molecule has 0 spiro atoms. The topological polar surface area (TPSA) is 96.0 Å². The van der Waals surface area contributed by atoms with Crippen LogP contribution < -0.4 is 14.4 Å². The van der Waals surface area contributed by atoms with Crippen LogP contribution in [0.4, 0.5) is 5.69 Å². The zero-order chi connectivity index (χ0) is 29.4. The van der Waals surface area contributed by atoms with Crippen LogP contribution in [-0.4, -0.2) is 51.4 Å². The van der Waals surface area contributed by atoms with Gasteiger partial charge in [-0.1, -0.05) is 55.8 Å². The van der Waals surface area contributed by atoms with Crippen LogP contribution in [0.2, 0.25) is 0 Å². The number of rotatable bonds is 12. The molecule has 1 N–H and O–H groups in total. The van der Waals surface area contributed by atoms with Crippen molar-refractivity contribution in [1.82, 2.24) is 10.2 Å². The summed E-state index contributed by atoms with van der Waals surface area (Å²) in [6.45, 7) is 9.47. The van der Waals surface area contributed by atoms with Gasteiger partial charge in [0.15, 0.2) is 0 Å². The standard InChI is InChI=1S/C31H39N3O5S/c1-22(2)19-32-31(36)25(5)33(20-26-12-14-28(39-6)15-13-26)30(35)21-34(27-9-7-8-24(4)18-27)40(37,38)29-16-10-23(3)11-17-29/h7-18,22,25H,19-21H2,1-6H3,(H,32,36)/t25-/m0/s1. The normalized spacial score (nSPS) is 12.1. The first-order valence-corrected chi connectivity index (χ1v) is 14.7. The Morgan fingerprint density at radius 3 is 2.12 bits per heavy atom. The molecule has 0 saturated heterocycles. The van der Waals surface area contributed by atoms with Crippen LogP contribution in [-0.2, 0) is 26.2 Å². The highest BCUT2D eigenvalue weighted by Crippen LogP contribution is 2.26. The fourth-order valence-electron chi connectivity index (χ4n) is 4.11. The van der Waals surface area contributed by atoms with Gasteiger partial charge in [0.25, 0.3) is 10.0 Å². The minimum atomic E-state index is -4.10. The van der Waals surface area contributed by atoms with Crippen molar-refractivity contribution < 1.29 is 22.7 Å². The second-order valence-electron chi connectivity index (χ2n) is 10.3. The average molecular weight is 566 g/mol. The summed E-state index contributed by atoms with van der Waals surface area (Å²) in [5.41, 5.74) is 2.92. The number of sulfonamides is 1. The average Bonchev–Trinajstić information content (AvgIpc) is 2.93. The third-order valence-electron chi connectivity index (χ3n) is 6.54. The Kier molecular flexibility index (Phi) is 10.3. The summed E-state index contributed by atoms with van der Waals surface area (Å²) < 4.78 is 34.1. The molecule has 0 bridgehead atoms. The summed E-state index contributed by atoms with van der Waals surface area (Å²) in [4.78, 5) is 28.6. The lowest BCUT2D eigenvalue weighted by Crippen LogP contribution is -2.51. The van der Waals surface area contributed by atoms with Crippen LogP contribution in [0.5, 0.6) is 5.75 Å². The van der Waals surface area contributed by atoms with Gasteiger partial charge in [-0.25, -0.2) is 8.42 Å². The summed E-state index contributed by atoms with van der Waals surface area (Å²) >= 11 is 0. The van der Waals surface area contributed by atoms with Crippen molar-refractivity contribution in [1.29, 1.82) is 0 Å². The molecule has 8 nitrogen and oxygen atoms in total. The van der Waals surface area contributed by atoms with Crippen LogP contribution in [0, 0.1) is 19.8 Å². The third kappa shape index (κ3) is 7.85. The second kappa shape index (κ2) is 13.5. The van der Waals surface area contributed by atoms with E-state index >= 15 is 0 Å². The van der Waals surface area contributed by atoms with E-state index in [-0.39, 0.29) is 23.3 Å². The van der Waals surface area contributed by atoms with E-state index in [1.165, 1.54) is 17.0 Å². The molecule has 0 fully saturated rings. The van der Waals surface area contributed by atoms with Gasteiger partial charge in [0, 0.05) is 13.1 Å². The number of hydrogen-bond donors (Lipinski definition) is 1. The Morgan fingerprint density at radius 1 is 0.900 bits per heavy atom. The molecule has 0 aliphatic heterocycles. The number of methoxy groups -OCH3 is 1. The summed E-state index contributed by atoms with van der Waals surface area (Å²) in [5.74, 6) is 0.0942. The summed E-state index contributed by atoms with van der Waals surface area (Å²) in [5, 5.41) is 2.89. The monoisotopic (exact) mass is 565 g/mol. The maximum atomic E-state index is 14.0. The number of anilines is 1. The van der Waals surface area contributed by atoms with E-state index in [2.05, 4.69) is 5.32 Å². The molecule has 3 aromatic carbocycles. The summed E-state index contributed by atoms with van der Waals surface area (Å²) in [7, 11) is -2.53. The molecule has 0 unspecified atom stereocenters. The first-order chi connectivity index (χ1) is 18.9. The molecule has 0 radical (unpaired) electrons. The molecule has 0 aliphatic carbocycles. The number of benzene rings is 3. The number of hydrogen-bond acceptors (Lipinski definition) is 5. The molecule has 0 aromatic heterocycles. The highest BCUT2D eigenvalue weighted by atomic mass is 32.2. The van der Waals surface area contributed by atoms with E-state index in [1.807, 2.05) is 45.9 Å². The fraction of sp³-hybridized carbons (Fsp3) is 0.355. The molecule has 0 aliphatic rings. The van der Waals surface area contributed by atoms with Crippen molar-refractivity contribution in [3.63, 3.8) is 0 Å².